The lowest BCUT2D eigenvalue weighted by Gasteiger charge is -2.12. The van der Waals surface area contributed by atoms with Crippen molar-refractivity contribution in [2.45, 2.75) is 12.7 Å². The summed E-state index contributed by atoms with van der Waals surface area (Å²) in [5.41, 5.74) is 8.34. The summed E-state index contributed by atoms with van der Waals surface area (Å²) in [6, 6.07) is 3.03. The Morgan fingerprint density at radius 2 is 1.88 bits per heavy atom. The highest BCUT2D eigenvalue weighted by Gasteiger charge is 2.36. The summed E-state index contributed by atoms with van der Waals surface area (Å²) >= 11 is 0. The van der Waals surface area contributed by atoms with Crippen molar-refractivity contribution in [2.24, 2.45) is 16.5 Å². The number of halogens is 4. The molecule has 0 saturated heterocycles. The van der Waals surface area contributed by atoms with Crippen molar-refractivity contribution in [3.8, 4) is 0 Å². The molecule has 0 amide bonds. The van der Waals surface area contributed by atoms with Gasteiger partial charge in [0.05, 0.1) is 12.1 Å². The second-order valence-corrected chi connectivity index (χ2v) is 3.01. The molecule has 0 aliphatic rings. The number of nitrogens with zero attached hydrogens (tertiary/aromatic N) is 1. The molecule has 16 heavy (non-hydrogen) atoms. The summed E-state index contributed by atoms with van der Waals surface area (Å²) in [5, 5.41) is 0. The zero-order chi connectivity index (χ0) is 12.3. The topological polar surface area (TPSA) is 64.4 Å². The highest BCUT2D eigenvalue weighted by molar-refractivity contribution is 5.75. The minimum Gasteiger partial charge on any atom is -0.370 e. The van der Waals surface area contributed by atoms with Gasteiger partial charge in [-0.15, -0.1) is 0 Å². The number of rotatable bonds is 2. The smallest absolute Gasteiger partial charge is 0.370 e. The van der Waals surface area contributed by atoms with Crippen LogP contribution in [0.15, 0.2) is 23.2 Å². The molecule has 4 N–H and O–H groups in total. The van der Waals surface area contributed by atoms with Gasteiger partial charge in [-0.1, -0.05) is 12.1 Å². The van der Waals surface area contributed by atoms with Crippen LogP contribution in [0.4, 0.5) is 17.6 Å². The number of guanidine groups is 1. The van der Waals surface area contributed by atoms with Crippen molar-refractivity contribution in [1.29, 1.82) is 0 Å². The van der Waals surface area contributed by atoms with E-state index in [-0.39, 0.29) is 11.5 Å². The van der Waals surface area contributed by atoms with E-state index in [0.717, 1.165) is 12.1 Å². The first kappa shape index (κ1) is 12.3. The highest BCUT2D eigenvalue weighted by Crippen LogP contribution is 2.34. The number of benzene rings is 1. The third-order valence-electron chi connectivity index (χ3n) is 1.82. The van der Waals surface area contributed by atoms with Gasteiger partial charge in [-0.25, -0.2) is 9.38 Å². The Labute approximate surface area is 88.8 Å². The molecular weight excluding hydrogens is 226 g/mol. The van der Waals surface area contributed by atoms with Crippen molar-refractivity contribution in [3.05, 3.63) is 35.1 Å². The number of hydrogen-bond donors (Lipinski definition) is 2. The van der Waals surface area contributed by atoms with Crippen LogP contribution in [0.1, 0.15) is 11.1 Å². The third kappa shape index (κ3) is 2.85. The predicted octanol–water partition coefficient (Wildman–Crippen LogP) is 1.62. The van der Waals surface area contributed by atoms with E-state index in [0.29, 0.717) is 0 Å². The number of aliphatic imine (C=N–C) groups is 1. The molecule has 0 aliphatic carbocycles. The first-order valence-corrected chi connectivity index (χ1v) is 4.22. The SMILES string of the molecule is NC(N)=NCc1cccc(F)c1C(F)(F)F. The Bertz CT molecular complexity index is 408. The van der Waals surface area contributed by atoms with Gasteiger partial charge < -0.3 is 11.5 Å². The molecule has 1 rings (SSSR count). The number of nitrogens with two attached hydrogens (primary N) is 2. The number of alkyl halides is 3. The number of hydrogen-bond acceptors (Lipinski definition) is 1. The molecule has 0 aromatic heterocycles. The van der Waals surface area contributed by atoms with Gasteiger partial charge in [0.1, 0.15) is 5.82 Å². The summed E-state index contributed by atoms with van der Waals surface area (Å²) in [7, 11) is 0. The van der Waals surface area contributed by atoms with Gasteiger partial charge in [-0.2, -0.15) is 13.2 Å². The van der Waals surface area contributed by atoms with Crippen LogP contribution >= 0.6 is 0 Å². The largest absolute Gasteiger partial charge is 0.419 e. The highest BCUT2D eigenvalue weighted by atomic mass is 19.4. The predicted molar refractivity (Wildman–Crippen MR) is 50.9 cm³/mol. The van der Waals surface area contributed by atoms with Crippen LogP contribution in [0.3, 0.4) is 0 Å². The van der Waals surface area contributed by atoms with Gasteiger partial charge in [0, 0.05) is 0 Å². The summed E-state index contributed by atoms with van der Waals surface area (Å²) in [4.78, 5) is 3.42. The van der Waals surface area contributed by atoms with Gasteiger partial charge >= 0.3 is 6.18 Å². The van der Waals surface area contributed by atoms with Crippen LogP contribution in [0.25, 0.3) is 0 Å². The molecule has 88 valence electrons. The van der Waals surface area contributed by atoms with Crippen molar-refractivity contribution in [3.63, 3.8) is 0 Å². The van der Waals surface area contributed by atoms with Crippen LogP contribution in [0.2, 0.25) is 0 Å². The third-order valence-corrected chi connectivity index (χ3v) is 1.82. The molecule has 0 heterocycles. The van der Waals surface area contributed by atoms with E-state index in [1.165, 1.54) is 6.07 Å². The Morgan fingerprint density at radius 3 is 2.38 bits per heavy atom. The van der Waals surface area contributed by atoms with E-state index in [1.807, 2.05) is 0 Å². The zero-order valence-corrected chi connectivity index (χ0v) is 8.05. The molecule has 0 saturated carbocycles. The average Bonchev–Trinajstić information content (AvgIpc) is 2.12. The lowest BCUT2D eigenvalue weighted by atomic mass is 10.1. The molecule has 1 aromatic carbocycles. The summed E-state index contributed by atoms with van der Waals surface area (Å²) < 4.78 is 50.5. The van der Waals surface area contributed by atoms with Gasteiger partial charge in [0.2, 0.25) is 0 Å². The van der Waals surface area contributed by atoms with E-state index in [4.69, 9.17) is 11.5 Å². The van der Waals surface area contributed by atoms with Crippen molar-refractivity contribution >= 4 is 5.96 Å². The van der Waals surface area contributed by atoms with Gasteiger partial charge in [-0.05, 0) is 11.6 Å². The lowest BCUT2D eigenvalue weighted by molar-refractivity contribution is -0.140. The second-order valence-electron chi connectivity index (χ2n) is 3.01. The molecule has 7 heteroatoms. The van der Waals surface area contributed by atoms with Crippen LogP contribution in [-0.2, 0) is 12.7 Å². The lowest BCUT2D eigenvalue weighted by Crippen LogP contribution is -2.23. The molecule has 3 nitrogen and oxygen atoms in total. The molecular formula is C9H9F4N3. The molecule has 0 atom stereocenters. The van der Waals surface area contributed by atoms with Crippen molar-refractivity contribution < 1.29 is 17.6 Å². The second kappa shape index (κ2) is 4.38. The van der Waals surface area contributed by atoms with Gasteiger partial charge in [0.25, 0.3) is 0 Å². The maximum atomic E-state index is 13.0. The van der Waals surface area contributed by atoms with Crippen LogP contribution in [0, 0.1) is 5.82 Å². The maximum Gasteiger partial charge on any atom is 0.419 e. The standard InChI is InChI=1S/C9H9F4N3/c10-6-3-1-2-5(4-16-8(14)15)7(6)9(11,12)13/h1-3H,4H2,(H4,14,15,16). The quantitative estimate of drug-likeness (QED) is 0.464. The monoisotopic (exact) mass is 235 g/mol. The van der Waals surface area contributed by atoms with E-state index in [2.05, 4.69) is 4.99 Å². The molecule has 1 aromatic rings. The molecule has 0 spiro atoms. The zero-order valence-electron chi connectivity index (χ0n) is 8.05. The van der Waals surface area contributed by atoms with E-state index in [9.17, 15) is 17.6 Å². The van der Waals surface area contributed by atoms with E-state index < -0.39 is 24.1 Å². The van der Waals surface area contributed by atoms with Crippen LogP contribution in [0.5, 0.6) is 0 Å². The summed E-state index contributed by atoms with van der Waals surface area (Å²) in [6.07, 6.45) is -4.76. The average molecular weight is 235 g/mol. The Kier molecular flexibility index (Phi) is 3.36. The fraction of sp³-hybridized carbons (Fsp3) is 0.222. The minimum atomic E-state index is -4.76. The van der Waals surface area contributed by atoms with Crippen molar-refractivity contribution in [1.82, 2.24) is 0 Å². The molecule has 0 aliphatic heterocycles. The van der Waals surface area contributed by atoms with Gasteiger partial charge in [-0.3, -0.25) is 0 Å². The Hall–Kier alpha value is -1.79. The fourth-order valence-corrected chi connectivity index (χ4v) is 1.19. The summed E-state index contributed by atoms with van der Waals surface area (Å²) in [6.45, 7) is -0.408. The van der Waals surface area contributed by atoms with Crippen LogP contribution < -0.4 is 11.5 Å². The fourth-order valence-electron chi connectivity index (χ4n) is 1.19. The minimum absolute atomic E-state index is 0.305. The Balaban J connectivity index is 3.19. The summed E-state index contributed by atoms with van der Waals surface area (Å²) in [5.74, 6) is -1.69. The van der Waals surface area contributed by atoms with Gasteiger partial charge in [0.15, 0.2) is 5.96 Å². The van der Waals surface area contributed by atoms with Crippen molar-refractivity contribution in [2.75, 3.05) is 0 Å². The molecule has 0 unspecified atom stereocenters. The molecule has 0 fully saturated rings. The molecule has 0 bridgehead atoms. The van der Waals surface area contributed by atoms with E-state index in [1.54, 1.807) is 0 Å². The van der Waals surface area contributed by atoms with E-state index >= 15 is 0 Å². The first-order valence-electron chi connectivity index (χ1n) is 4.22. The maximum absolute atomic E-state index is 13.0. The van der Waals surface area contributed by atoms with Crippen LogP contribution in [-0.4, -0.2) is 5.96 Å². The normalized spacial score (nSPS) is 11.2. The first-order chi connectivity index (χ1) is 7.32. The molecule has 0 radical (unpaired) electrons. The Morgan fingerprint density at radius 1 is 1.25 bits per heavy atom.